The van der Waals surface area contributed by atoms with Crippen LogP contribution in [-0.2, 0) is 0 Å². The van der Waals surface area contributed by atoms with E-state index < -0.39 is 0 Å². The third-order valence-corrected chi connectivity index (χ3v) is 10.8. The van der Waals surface area contributed by atoms with Crippen molar-refractivity contribution in [1.82, 2.24) is 19.5 Å². The maximum absolute atomic E-state index is 5.44. The number of nitrogens with zero attached hydrogens (tertiary/aromatic N) is 4. The normalized spacial score (nSPS) is 11.6. The van der Waals surface area contributed by atoms with Gasteiger partial charge in [-0.05, 0) is 69.1 Å². The van der Waals surface area contributed by atoms with E-state index >= 15 is 0 Å². The van der Waals surface area contributed by atoms with Gasteiger partial charge in [-0.25, -0.2) is 15.0 Å². The van der Waals surface area contributed by atoms with Crippen LogP contribution in [0, 0.1) is 0 Å². The number of pyridine rings is 1. The van der Waals surface area contributed by atoms with Crippen molar-refractivity contribution in [2.24, 2.45) is 0 Å². The van der Waals surface area contributed by atoms with Gasteiger partial charge in [-0.1, -0.05) is 158 Å². The number of rotatable bonds is 5. The molecule has 256 valence electrons. The lowest BCUT2D eigenvalue weighted by Crippen LogP contribution is -1.99. The summed E-state index contributed by atoms with van der Waals surface area (Å²) < 4.78 is 2.35. The Labute approximate surface area is 317 Å². The lowest BCUT2D eigenvalue weighted by molar-refractivity contribution is 1.08. The van der Waals surface area contributed by atoms with E-state index in [-0.39, 0.29) is 0 Å². The molecule has 0 aliphatic rings. The van der Waals surface area contributed by atoms with Gasteiger partial charge in [0, 0.05) is 32.8 Å². The Bertz CT molecular complexity index is 3240. The zero-order valence-corrected chi connectivity index (χ0v) is 29.8. The van der Waals surface area contributed by atoms with Crippen molar-refractivity contribution in [3.05, 3.63) is 194 Å². The number of hydrogen-bond donors (Lipinski definition) is 0. The first-order chi connectivity index (χ1) is 27.3. The van der Waals surface area contributed by atoms with Gasteiger partial charge >= 0.3 is 0 Å². The zero-order chi connectivity index (χ0) is 36.3. The first-order valence-electron chi connectivity index (χ1n) is 18.6. The Hall–Kier alpha value is -7.43. The molecule has 0 spiro atoms. The molecule has 3 aromatic heterocycles. The van der Waals surface area contributed by atoms with Gasteiger partial charge < -0.3 is 0 Å². The second-order valence-electron chi connectivity index (χ2n) is 14.0. The summed E-state index contributed by atoms with van der Waals surface area (Å²) >= 11 is 0. The maximum atomic E-state index is 5.44. The van der Waals surface area contributed by atoms with E-state index in [2.05, 4.69) is 174 Å². The number of hydrogen-bond acceptors (Lipinski definition) is 3. The topological polar surface area (TPSA) is 43.6 Å². The van der Waals surface area contributed by atoms with Crippen molar-refractivity contribution in [1.29, 1.82) is 0 Å². The molecule has 0 amide bonds. The van der Waals surface area contributed by atoms with Crippen LogP contribution in [0.25, 0.3) is 105 Å². The quantitative estimate of drug-likeness (QED) is 0.179. The highest BCUT2D eigenvalue weighted by atomic mass is 15.1. The van der Waals surface area contributed by atoms with Crippen LogP contribution in [0.2, 0.25) is 0 Å². The minimum absolute atomic E-state index is 0.709. The molecule has 8 aromatic carbocycles. The molecule has 55 heavy (non-hydrogen) atoms. The van der Waals surface area contributed by atoms with E-state index in [1.54, 1.807) is 0 Å². The SMILES string of the molecule is c1ccc(-c2nc(-c3ccccc3)c3cc(-c4cccc(-n5c6ccc7ccccc7c6c6c7ccccc7c(-c7ccccc7)cc65)n4)ccc3n2)cc1. The van der Waals surface area contributed by atoms with E-state index in [4.69, 9.17) is 15.0 Å². The van der Waals surface area contributed by atoms with Crippen LogP contribution < -0.4 is 0 Å². The van der Waals surface area contributed by atoms with Gasteiger partial charge in [0.2, 0.25) is 0 Å². The fourth-order valence-electron chi connectivity index (χ4n) is 8.27. The van der Waals surface area contributed by atoms with Crippen LogP contribution in [0.4, 0.5) is 0 Å². The van der Waals surface area contributed by atoms with Crippen LogP contribution >= 0.6 is 0 Å². The Morgan fingerprint density at radius 3 is 1.80 bits per heavy atom. The van der Waals surface area contributed by atoms with E-state index in [0.29, 0.717) is 5.82 Å². The molecular weight excluding hydrogens is 669 g/mol. The Morgan fingerprint density at radius 2 is 1.02 bits per heavy atom. The predicted octanol–water partition coefficient (Wildman–Crippen LogP) is 13.1. The third kappa shape index (κ3) is 5.11. The fourth-order valence-corrected chi connectivity index (χ4v) is 8.27. The molecule has 4 nitrogen and oxygen atoms in total. The molecule has 0 bridgehead atoms. The van der Waals surface area contributed by atoms with Crippen molar-refractivity contribution in [2.75, 3.05) is 0 Å². The lowest BCUT2D eigenvalue weighted by Gasteiger charge is -2.13. The van der Waals surface area contributed by atoms with E-state index in [1.807, 2.05) is 24.3 Å². The molecular formula is C51H32N4. The van der Waals surface area contributed by atoms with Crippen LogP contribution in [0.1, 0.15) is 0 Å². The minimum Gasteiger partial charge on any atom is -0.294 e. The summed E-state index contributed by atoms with van der Waals surface area (Å²) in [6.45, 7) is 0. The second kappa shape index (κ2) is 12.6. The standard InChI is InChI=1S/C51H32N4/c1-4-15-33(16-5-1)41-32-46-49(40-24-13-12-23-39(40)41)48-38-22-11-10-17-34(38)28-30-45(48)55(46)47-26-14-25-43(52-47)37-27-29-44-42(31-37)50(35-18-6-2-7-19-35)54-51(53-44)36-20-8-3-9-21-36/h1-32H. The molecule has 0 unspecified atom stereocenters. The predicted molar refractivity (Wildman–Crippen MR) is 228 cm³/mol. The summed E-state index contributed by atoms with van der Waals surface area (Å²) in [5, 5.41) is 8.37. The van der Waals surface area contributed by atoms with Gasteiger partial charge in [0.25, 0.3) is 0 Å². The molecule has 0 aliphatic carbocycles. The molecule has 0 radical (unpaired) electrons. The van der Waals surface area contributed by atoms with Crippen LogP contribution in [0.3, 0.4) is 0 Å². The molecule has 0 N–H and O–H groups in total. The van der Waals surface area contributed by atoms with E-state index in [0.717, 1.165) is 55.8 Å². The van der Waals surface area contributed by atoms with Crippen molar-refractivity contribution in [2.45, 2.75) is 0 Å². The van der Waals surface area contributed by atoms with Gasteiger partial charge in [0.15, 0.2) is 5.82 Å². The smallest absolute Gasteiger partial charge is 0.160 e. The van der Waals surface area contributed by atoms with E-state index in [9.17, 15) is 0 Å². The van der Waals surface area contributed by atoms with Crippen LogP contribution in [0.5, 0.6) is 0 Å². The Morgan fingerprint density at radius 1 is 0.364 bits per heavy atom. The van der Waals surface area contributed by atoms with Crippen LogP contribution in [-0.4, -0.2) is 19.5 Å². The Kier molecular flexibility index (Phi) is 7.14. The fraction of sp³-hybridized carbons (Fsp3) is 0. The largest absolute Gasteiger partial charge is 0.294 e. The lowest BCUT2D eigenvalue weighted by atomic mass is 9.94. The first kappa shape index (κ1) is 31.1. The van der Waals surface area contributed by atoms with Crippen molar-refractivity contribution >= 4 is 54.3 Å². The molecule has 0 saturated heterocycles. The summed E-state index contributed by atoms with van der Waals surface area (Å²) in [6.07, 6.45) is 0. The first-order valence-corrected chi connectivity index (χ1v) is 18.6. The molecule has 3 heterocycles. The molecule has 4 heteroatoms. The minimum atomic E-state index is 0.709. The highest BCUT2D eigenvalue weighted by Gasteiger charge is 2.21. The molecule has 11 aromatic rings. The average Bonchev–Trinajstić information content (AvgIpc) is 3.61. The second-order valence-corrected chi connectivity index (χ2v) is 14.0. The van der Waals surface area contributed by atoms with Crippen molar-refractivity contribution < 1.29 is 0 Å². The third-order valence-electron chi connectivity index (χ3n) is 10.8. The molecule has 11 rings (SSSR count). The van der Waals surface area contributed by atoms with Gasteiger partial charge in [-0.3, -0.25) is 4.57 Å². The number of benzene rings is 8. The summed E-state index contributed by atoms with van der Waals surface area (Å²) in [7, 11) is 0. The van der Waals surface area contributed by atoms with Gasteiger partial charge in [-0.15, -0.1) is 0 Å². The van der Waals surface area contributed by atoms with Crippen molar-refractivity contribution in [3.8, 4) is 50.8 Å². The Balaban J connectivity index is 1.16. The summed E-state index contributed by atoms with van der Waals surface area (Å²) in [6, 6.07) is 68.4. The van der Waals surface area contributed by atoms with Crippen LogP contribution in [0.15, 0.2) is 194 Å². The summed E-state index contributed by atoms with van der Waals surface area (Å²) in [4.78, 5) is 15.6. The molecule has 0 saturated carbocycles. The monoisotopic (exact) mass is 700 g/mol. The average molecular weight is 701 g/mol. The highest BCUT2D eigenvalue weighted by molar-refractivity contribution is 6.30. The van der Waals surface area contributed by atoms with E-state index in [1.165, 1.54) is 43.4 Å². The van der Waals surface area contributed by atoms with Gasteiger partial charge in [-0.2, -0.15) is 0 Å². The molecule has 0 aliphatic heterocycles. The van der Waals surface area contributed by atoms with Gasteiger partial charge in [0.1, 0.15) is 5.82 Å². The summed E-state index contributed by atoms with van der Waals surface area (Å²) in [5.74, 6) is 1.57. The highest BCUT2D eigenvalue weighted by Crippen LogP contribution is 2.44. The summed E-state index contributed by atoms with van der Waals surface area (Å²) in [5.41, 5.74) is 10.3. The number of fused-ring (bicyclic) bond motifs is 8. The van der Waals surface area contributed by atoms with Gasteiger partial charge in [0.05, 0.1) is 27.9 Å². The van der Waals surface area contributed by atoms with Crippen molar-refractivity contribution in [3.63, 3.8) is 0 Å². The maximum Gasteiger partial charge on any atom is 0.160 e. The molecule has 0 atom stereocenters. The number of aromatic nitrogens is 4. The zero-order valence-electron chi connectivity index (χ0n) is 29.8. The molecule has 0 fully saturated rings.